The highest BCUT2D eigenvalue weighted by atomic mass is 35.5. The van der Waals surface area contributed by atoms with E-state index < -0.39 is 22.2 Å². The van der Waals surface area contributed by atoms with Crippen molar-refractivity contribution in [3.8, 4) is 5.88 Å². The molecule has 0 aliphatic carbocycles. The fourth-order valence-electron chi connectivity index (χ4n) is 2.50. The van der Waals surface area contributed by atoms with Crippen molar-refractivity contribution in [3.05, 3.63) is 23.4 Å². The third kappa shape index (κ3) is 5.53. The number of carboxylic acid groups (broad SMARTS) is 1. The lowest BCUT2D eigenvalue weighted by atomic mass is 10.1. The van der Waals surface area contributed by atoms with E-state index >= 15 is 0 Å². The number of carbonyl (C=O) groups is 1. The Bertz CT molecular complexity index is 688. The molecule has 1 aliphatic heterocycles. The standard InChI is InChI=1S/C15H22ClN3O5S/c1-10(2)14(15(20)21)18-25(22,23)19-7-5-12(6-8-19)24-13-4-3-11(16)9-17-13/h3-4,9-10,12,14,18H,5-8H2,1-2H3,(H,20,21)/t14-/m1/s1. The molecule has 1 aliphatic rings. The summed E-state index contributed by atoms with van der Waals surface area (Å²) in [6, 6.07) is 2.18. The Kier molecular flexibility index (Phi) is 6.61. The van der Waals surface area contributed by atoms with Gasteiger partial charge in [0.05, 0.1) is 5.02 Å². The van der Waals surface area contributed by atoms with Crippen LogP contribution in [0.1, 0.15) is 26.7 Å². The molecule has 1 saturated heterocycles. The zero-order valence-corrected chi connectivity index (χ0v) is 15.6. The van der Waals surface area contributed by atoms with Crippen LogP contribution in [0.2, 0.25) is 5.02 Å². The number of piperidine rings is 1. The van der Waals surface area contributed by atoms with Crippen LogP contribution in [0.25, 0.3) is 0 Å². The fourth-order valence-corrected chi connectivity index (χ4v) is 4.15. The van der Waals surface area contributed by atoms with Crippen LogP contribution in [-0.2, 0) is 15.0 Å². The molecule has 1 aromatic heterocycles. The molecule has 0 saturated carbocycles. The maximum absolute atomic E-state index is 12.4. The molecule has 2 N–H and O–H groups in total. The van der Waals surface area contributed by atoms with Crippen LogP contribution in [0.3, 0.4) is 0 Å². The molecular formula is C15H22ClN3O5S. The molecule has 0 spiro atoms. The largest absolute Gasteiger partial charge is 0.480 e. The molecule has 1 fully saturated rings. The number of pyridine rings is 1. The maximum Gasteiger partial charge on any atom is 0.322 e. The van der Waals surface area contributed by atoms with Crippen molar-refractivity contribution in [3.63, 3.8) is 0 Å². The highest BCUT2D eigenvalue weighted by molar-refractivity contribution is 7.87. The summed E-state index contributed by atoms with van der Waals surface area (Å²) in [6.45, 7) is 3.80. The van der Waals surface area contributed by atoms with Gasteiger partial charge in [-0.2, -0.15) is 17.4 Å². The van der Waals surface area contributed by atoms with Crippen molar-refractivity contribution in [1.82, 2.24) is 14.0 Å². The van der Waals surface area contributed by atoms with E-state index in [0.717, 1.165) is 0 Å². The van der Waals surface area contributed by atoms with Gasteiger partial charge in [0, 0.05) is 25.4 Å². The van der Waals surface area contributed by atoms with Gasteiger partial charge in [0.15, 0.2) is 0 Å². The van der Waals surface area contributed by atoms with Gasteiger partial charge in [0.2, 0.25) is 5.88 Å². The van der Waals surface area contributed by atoms with Crippen LogP contribution in [-0.4, -0.2) is 54.0 Å². The molecule has 140 valence electrons. The highest BCUT2D eigenvalue weighted by Crippen LogP contribution is 2.20. The van der Waals surface area contributed by atoms with Crippen LogP contribution in [0.4, 0.5) is 0 Å². The Labute approximate surface area is 152 Å². The average Bonchev–Trinajstić information content (AvgIpc) is 2.55. The van der Waals surface area contributed by atoms with Gasteiger partial charge in [-0.15, -0.1) is 0 Å². The number of ether oxygens (including phenoxy) is 1. The van der Waals surface area contributed by atoms with E-state index in [1.54, 1.807) is 26.0 Å². The number of nitrogens with one attached hydrogen (secondary N) is 1. The van der Waals surface area contributed by atoms with E-state index in [-0.39, 0.29) is 25.1 Å². The topological polar surface area (TPSA) is 109 Å². The zero-order chi connectivity index (χ0) is 18.6. The van der Waals surface area contributed by atoms with Crippen molar-refractivity contribution < 1.29 is 23.1 Å². The van der Waals surface area contributed by atoms with E-state index in [2.05, 4.69) is 9.71 Å². The minimum absolute atomic E-state index is 0.152. The highest BCUT2D eigenvalue weighted by Gasteiger charge is 2.33. The summed E-state index contributed by atoms with van der Waals surface area (Å²) in [5.74, 6) is -1.11. The summed E-state index contributed by atoms with van der Waals surface area (Å²) in [4.78, 5) is 15.3. The van der Waals surface area contributed by atoms with Gasteiger partial charge in [-0.05, 0) is 24.8 Å². The Morgan fingerprint density at radius 3 is 2.52 bits per heavy atom. The van der Waals surface area contributed by atoms with Crippen molar-refractivity contribution in [2.75, 3.05) is 13.1 Å². The Morgan fingerprint density at radius 2 is 2.04 bits per heavy atom. The van der Waals surface area contributed by atoms with Crippen molar-refractivity contribution >= 4 is 27.8 Å². The number of carboxylic acids is 1. The quantitative estimate of drug-likeness (QED) is 0.729. The van der Waals surface area contributed by atoms with E-state index in [1.807, 2.05) is 0 Å². The molecule has 10 heteroatoms. The Hall–Kier alpha value is -1.42. The monoisotopic (exact) mass is 391 g/mol. The summed E-state index contributed by atoms with van der Waals surface area (Å²) in [5.41, 5.74) is 0. The first kappa shape index (κ1) is 19.9. The molecule has 2 rings (SSSR count). The van der Waals surface area contributed by atoms with Crippen molar-refractivity contribution in [2.45, 2.75) is 38.8 Å². The fraction of sp³-hybridized carbons (Fsp3) is 0.600. The minimum Gasteiger partial charge on any atom is -0.480 e. The lowest BCUT2D eigenvalue weighted by Gasteiger charge is -2.32. The molecule has 25 heavy (non-hydrogen) atoms. The van der Waals surface area contributed by atoms with Gasteiger partial charge < -0.3 is 9.84 Å². The van der Waals surface area contributed by atoms with E-state index in [4.69, 9.17) is 21.4 Å². The van der Waals surface area contributed by atoms with Gasteiger partial charge in [0.25, 0.3) is 10.2 Å². The SMILES string of the molecule is CC(C)[C@@H](NS(=O)(=O)N1CCC(Oc2ccc(Cl)cn2)CC1)C(=O)O. The van der Waals surface area contributed by atoms with Crippen LogP contribution in [0.15, 0.2) is 18.3 Å². The van der Waals surface area contributed by atoms with Gasteiger partial charge >= 0.3 is 5.97 Å². The van der Waals surface area contributed by atoms with E-state index in [0.29, 0.717) is 23.7 Å². The molecule has 0 unspecified atom stereocenters. The summed E-state index contributed by atoms with van der Waals surface area (Å²) < 4.78 is 34.0. The number of hydrogen-bond donors (Lipinski definition) is 2. The van der Waals surface area contributed by atoms with Gasteiger partial charge in [-0.25, -0.2) is 4.98 Å². The average molecular weight is 392 g/mol. The van der Waals surface area contributed by atoms with Gasteiger partial charge in [-0.1, -0.05) is 25.4 Å². The van der Waals surface area contributed by atoms with Crippen molar-refractivity contribution in [2.24, 2.45) is 5.92 Å². The van der Waals surface area contributed by atoms with E-state index in [9.17, 15) is 13.2 Å². The first-order valence-electron chi connectivity index (χ1n) is 7.97. The first-order chi connectivity index (χ1) is 11.7. The smallest absolute Gasteiger partial charge is 0.322 e. The zero-order valence-electron chi connectivity index (χ0n) is 14.1. The third-order valence-corrected chi connectivity index (χ3v) is 5.76. The van der Waals surface area contributed by atoms with Gasteiger partial charge in [-0.3, -0.25) is 4.79 Å². The summed E-state index contributed by atoms with van der Waals surface area (Å²) in [7, 11) is -3.86. The summed E-state index contributed by atoms with van der Waals surface area (Å²) in [6.07, 6.45) is 2.31. The number of aromatic nitrogens is 1. The second-order valence-corrected chi connectivity index (χ2v) is 8.35. The normalized spacial score (nSPS) is 18.2. The molecular weight excluding hydrogens is 370 g/mol. The molecule has 0 radical (unpaired) electrons. The Morgan fingerprint density at radius 1 is 1.40 bits per heavy atom. The lowest BCUT2D eigenvalue weighted by Crippen LogP contribution is -2.53. The minimum atomic E-state index is -3.86. The van der Waals surface area contributed by atoms with Crippen LogP contribution >= 0.6 is 11.6 Å². The predicted molar refractivity (Wildman–Crippen MR) is 92.8 cm³/mol. The number of hydrogen-bond acceptors (Lipinski definition) is 5. The molecule has 1 aromatic rings. The van der Waals surface area contributed by atoms with Gasteiger partial charge in [0.1, 0.15) is 12.1 Å². The van der Waals surface area contributed by atoms with Crippen molar-refractivity contribution in [1.29, 1.82) is 0 Å². The van der Waals surface area contributed by atoms with Crippen LogP contribution in [0, 0.1) is 5.92 Å². The first-order valence-corrected chi connectivity index (χ1v) is 9.79. The third-order valence-electron chi connectivity index (χ3n) is 3.94. The second-order valence-electron chi connectivity index (χ2n) is 6.21. The van der Waals surface area contributed by atoms with Crippen LogP contribution < -0.4 is 9.46 Å². The summed E-state index contributed by atoms with van der Waals surface area (Å²) >= 11 is 5.77. The maximum atomic E-state index is 12.4. The number of nitrogens with zero attached hydrogens (tertiary/aromatic N) is 2. The molecule has 0 bridgehead atoms. The molecule has 8 nitrogen and oxygen atoms in total. The Balaban J connectivity index is 1.91. The number of halogens is 1. The lowest BCUT2D eigenvalue weighted by molar-refractivity contribution is -0.140. The van der Waals surface area contributed by atoms with Crippen LogP contribution in [0.5, 0.6) is 5.88 Å². The number of rotatable bonds is 7. The molecule has 0 aromatic carbocycles. The molecule has 0 amide bonds. The van der Waals surface area contributed by atoms with E-state index in [1.165, 1.54) is 10.5 Å². The number of aliphatic carboxylic acids is 1. The molecule has 2 heterocycles. The summed E-state index contributed by atoms with van der Waals surface area (Å²) in [5, 5.41) is 9.66. The predicted octanol–water partition coefficient (Wildman–Crippen LogP) is 1.52. The second kappa shape index (κ2) is 8.31. The molecule has 1 atom stereocenters.